The molecule has 1 fully saturated rings. The summed E-state index contributed by atoms with van der Waals surface area (Å²) in [7, 11) is 3.50. The zero-order valence-corrected chi connectivity index (χ0v) is 17.9. The van der Waals surface area contributed by atoms with Crippen LogP contribution in [0.2, 0.25) is 0 Å². The Balaban J connectivity index is 1.84. The SMILES string of the molecule is COc1ccccc1C(C(=O)NNc1cc(CF)cc(C(F)(F)F)c1)N1CCN(C)CC1. The minimum atomic E-state index is -4.63. The number of halogens is 4. The second-order valence-electron chi connectivity index (χ2n) is 7.65. The number of piperazine rings is 1. The Labute approximate surface area is 184 Å². The Kier molecular flexibility index (Phi) is 7.57. The van der Waals surface area contributed by atoms with Crippen LogP contribution in [0.5, 0.6) is 5.75 Å². The molecular formula is C22H26F4N4O2. The van der Waals surface area contributed by atoms with Crippen molar-refractivity contribution in [2.24, 2.45) is 0 Å². The number of nitrogens with one attached hydrogen (secondary N) is 2. The lowest BCUT2D eigenvalue weighted by atomic mass is 10.0. The van der Waals surface area contributed by atoms with Crippen molar-refractivity contribution in [2.45, 2.75) is 18.9 Å². The molecule has 0 bridgehead atoms. The molecule has 1 heterocycles. The van der Waals surface area contributed by atoms with E-state index in [2.05, 4.69) is 15.8 Å². The van der Waals surface area contributed by atoms with Crippen LogP contribution in [-0.4, -0.2) is 56.0 Å². The molecule has 2 N–H and O–H groups in total. The molecule has 0 aliphatic carbocycles. The Morgan fingerprint density at radius 2 is 1.81 bits per heavy atom. The molecule has 1 aliphatic rings. The first-order chi connectivity index (χ1) is 15.2. The number of anilines is 1. The number of amides is 1. The summed E-state index contributed by atoms with van der Waals surface area (Å²) in [6.07, 6.45) is -4.63. The van der Waals surface area contributed by atoms with E-state index in [9.17, 15) is 22.4 Å². The van der Waals surface area contributed by atoms with E-state index in [0.29, 0.717) is 24.4 Å². The lowest BCUT2D eigenvalue weighted by molar-refractivity contribution is -0.137. The number of alkyl halides is 4. The third-order valence-electron chi connectivity index (χ3n) is 5.39. The minimum absolute atomic E-state index is 0.0574. The van der Waals surface area contributed by atoms with Crippen LogP contribution in [0.1, 0.15) is 22.7 Å². The highest BCUT2D eigenvalue weighted by Gasteiger charge is 2.33. The van der Waals surface area contributed by atoms with E-state index in [4.69, 9.17) is 4.74 Å². The monoisotopic (exact) mass is 454 g/mol. The molecule has 10 heteroatoms. The Bertz CT molecular complexity index is 930. The van der Waals surface area contributed by atoms with Crippen molar-refractivity contribution in [3.8, 4) is 5.75 Å². The molecule has 0 aromatic heterocycles. The normalized spacial score (nSPS) is 16.4. The lowest BCUT2D eigenvalue weighted by Gasteiger charge is -2.37. The van der Waals surface area contributed by atoms with Crippen LogP contribution < -0.4 is 15.6 Å². The molecular weight excluding hydrogens is 428 g/mol. The van der Waals surface area contributed by atoms with Crippen LogP contribution in [0.15, 0.2) is 42.5 Å². The van der Waals surface area contributed by atoms with Gasteiger partial charge in [-0.1, -0.05) is 18.2 Å². The van der Waals surface area contributed by atoms with E-state index in [1.807, 2.05) is 11.9 Å². The summed E-state index contributed by atoms with van der Waals surface area (Å²) < 4.78 is 57.9. The van der Waals surface area contributed by atoms with Crippen LogP contribution in [0, 0.1) is 0 Å². The molecule has 6 nitrogen and oxygen atoms in total. The van der Waals surface area contributed by atoms with Gasteiger partial charge in [-0.25, -0.2) is 4.39 Å². The van der Waals surface area contributed by atoms with Gasteiger partial charge >= 0.3 is 6.18 Å². The van der Waals surface area contributed by atoms with Crippen molar-refractivity contribution in [3.63, 3.8) is 0 Å². The van der Waals surface area contributed by atoms with Gasteiger partial charge in [-0.3, -0.25) is 20.5 Å². The number of hydrogen-bond donors (Lipinski definition) is 2. The van der Waals surface area contributed by atoms with Gasteiger partial charge in [0, 0.05) is 31.7 Å². The van der Waals surface area contributed by atoms with Gasteiger partial charge in [-0.05, 0) is 36.9 Å². The Hall–Kier alpha value is -2.85. The van der Waals surface area contributed by atoms with Crippen molar-refractivity contribution in [1.29, 1.82) is 0 Å². The molecule has 174 valence electrons. The van der Waals surface area contributed by atoms with E-state index in [1.54, 1.807) is 24.3 Å². The highest BCUT2D eigenvalue weighted by atomic mass is 19.4. The highest BCUT2D eigenvalue weighted by Crippen LogP contribution is 2.33. The number of hydrazine groups is 1. The number of likely N-dealkylation sites (N-methyl/N-ethyl adjacent to an activating group) is 1. The molecule has 0 spiro atoms. The summed E-state index contributed by atoms with van der Waals surface area (Å²) in [6.45, 7) is 1.72. The summed E-state index contributed by atoms with van der Waals surface area (Å²) in [5.74, 6) is 0.0728. The van der Waals surface area contributed by atoms with Gasteiger partial charge in [0.15, 0.2) is 0 Å². The van der Waals surface area contributed by atoms with Crippen molar-refractivity contribution in [3.05, 3.63) is 59.2 Å². The number of rotatable bonds is 7. The van der Waals surface area contributed by atoms with Crippen molar-refractivity contribution in [1.82, 2.24) is 15.2 Å². The van der Waals surface area contributed by atoms with E-state index < -0.39 is 30.4 Å². The molecule has 1 unspecified atom stereocenters. The van der Waals surface area contributed by atoms with Crippen LogP contribution in [0.25, 0.3) is 0 Å². The number of nitrogens with zero attached hydrogens (tertiary/aromatic N) is 2. The maximum absolute atomic E-state index is 13.2. The third-order valence-corrected chi connectivity index (χ3v) is 5.39. The number of carbonyl (C=O) groups is 1. The zero-order chi connectivity index (χ0) is 23.3. The number of benzene rings is 2. The van der Waals surface area contributed by atoms with E-state index >= 15 is 0 Å². The zero-order valence-electron chi connectivity index (χ0n) is 17.9. The van der Waals surface area contributed by atoms with Crippen LogP contribution >= 0.6 is 0 Å². The van der Waals surface area contributed by atoms with Crippen molar-refractivity contribution >= 4 is 11.6 Å². The number of methoxy groups -OCH3 is 1. The second kappa shape index (κ2) is 10.2. The predicted molar refractivity (Wildman–Crippen MR) is 113 cm³/mol. The van der Waals surface area contributed by atoms with Gasteiger partial charge < -0.3 is 9.64 Å². The molecule has 1 aliphatic heterocycles. The number of carbonyl (C=O) groups excluding carboxylic acids is 1. The fourth-order valence-corrected chi connectivity index (χ4v) is 3.68. The van der Waals surface area contributed by atoms with E-state index in [-0.39, 0.29) is 11.3 Å². The van der Waals surface area contributed by atoms with Crippen LogP contribution in [-0.2, 0) is 17.6 Å². The fourth-order valence-electron chi connectivity index (χ4n) is 3.68. The molecule has 1 saturated heterocycles. The second-order valence-corrected chi connectivity index (χ2v) is 7.65. The van der Waals surface area contributed by atoms with E-state index in [1.165, 1.54) is 13.2 Å². The number of hydrogen-bond acceptors (Lipinski definition) is 5. The molecule has 3 rings (SSSR count). The Morgan fingerprint density at radius 1 is 1.12 bits per heavy atom. The number of para-hydroxylation sites is 1. The third kappa shape index (κ3) is 5.68. The molecule has 0 saturated carbocycles. The summed E-state index contributed by atoms with van der Waals surface area (Å²) in [5, 5.41) is 0. The first-order valence-corrected chi connectivity index (χ1v) is 10.1. The van der Waals surface area contributed by atoms with Crippen LogP contribution in [0.3, 0.4) is 0 Å². The average Bonchev–Trinajstić information content (AvgIpc) is 2.78. The minimum Gasteiger partial charge on any atom is -0.496 e. The molecule has 1 atom stereocenters. The van der Waals surface area contributed by atoms with Crippen molar-refractivity contribution < 1.29 is 27.1 Å². The first kappa shape index (κ1) is 23.8. The predicted octanol–water partition coefficient (Wildman–Crippen LogP) is 3.62. The van der Waals surface area contributed by atoms with Gasteiger partial charge in [0.05, 0.1) is 18.4 Å². The molecule has 32 heavy (non-hydrogen) atoms. The quantitative estimate of drug-likeness (QED) is 0.495. The topological polar surface area (TPSA) is 56.8 Å². The van der Waals surface area contributed by atoms with Gasteiger partial charge in [-0.15, -0.1) is 0 Å². The smallest absolute Gasteiger partial charge is 0.416 e. The standard InChI is InChI=1S/C22H26F4N4O2/c1-29-7-9-30(10-8-29)20(18-5-3-4-6-19(18)32-2)21(31)28-27-17-12-15(14-23)11-16(13-17)22(24,25)26/h3-6,11-13,20,27H,7-10,14H2,1-2H3,(H,28,31). The summed E-state index contributed by atoms with van der Waals surface area (Å²) in [6, 6.07) is 9.19. The van der Waals surface area contributed by atoms with E-state index in [0.717, 1.165) is 25.2 Å². The highest BCUT2D eigenvalue weighted by molar-refractivity contribution is 5.85. The maximum atomic E-state index is 13.2. The largest absolute Gasteiger partial charge is 0.496 e. The Morgan fingerprint density at radius 3 is 2.44 bits per heavy atom. The maximum Gasteiger partial charge on any atom is 0.416 e. The molecule has 2 aromatic carbocycles. The first-order valence-electron chi connectivity index (χ1n) is 10.1. The molecule has 1 amide bonds. The summed E-state index contributed by atoms with van der Waals surface area (Å²) in [5.41, 5.74) is 4.47. The lowest BCUT2D eigenvalue weighted by Crippen LogP contribution is -2.50. The average molecular weight is 454 g/mol. The van der Waals surface area contributed by atoms with Gasteiger partial charge in [-0.2, -0.15) is 13.2 Å². The molecule has 2 aromatic rings. The summed E-state index contributed by atoms with van der Waals surface area (Å²) >= 11 is 0. The number of ether oxygens (including phenoxy) is 1. The van der Waals surface area contributed by atoms with Gasteiger partial charge in [0.25, 0.3) is 5.91 Å². The van der Waals surface area contributed by atoms with Gasteiger partial charge in [0.2, 0.25) is 0 Å². The van der Waals surface area contributed by atoms with Crippen LogP contribution in [0.4, 0.5) is 23.2 Å². The van der Waals surface area contributed by atoms with Gasteiger partial charge in [0.1, 0.15) is 18.5 Å². The molecule has 0 radical (unpaired) electrons. The van der Waals surface area contributed by atoms with Crippen molar-refractivity contribution in [2.75, 3.05) is 45.8 Å². The fraction of sp³-hybridized carbons (Fsp3) is 0.409. The summed E-state index contributed by atoms with van der Waals surface area (Å²) in [4.78, 5) is 17.4.